The van der Waals surface area contributed by atoms with Crippen LogP contribution in [0.3, 0.4) is 0 Å². The molecular weight excluding hydrogens is 835 g/mol. The third-order valence-corrected chi connectivity index (χ3v) is 14.1. The summed E-state index contributed by atoms with van der Waals surface area (Å²) in [6, 6.07) is 93.7. The molecule has 0 atom stereocenters. The van der Waals surface area contributed by atoms with Crippen LogP contribution in [0.5, 0.6) is 0 Å². The van der Waals surface area contributed by atoms with Gasteiger partial charge in [0.25, 0.3) is 0 Å². The molecule has 0 fully saturated rings. The van der Waals surface area contributed by atoms with Crippen LogP contribution < -0.4 is 0 Å². The molecule has 12 aromatic rings. The van der Waals surface area contributed by atoms with E-state index in [4.69, 9.17) is 15.0 Å². The predicted octanol–water partition coefficient (Wildman–Crippen LogP) is 16.5. The van der Waals surface area contributed by atoms with Crippen molar-refractivity contribution in [2.75, 3.05) is 0 Å². The molecule has 0 saturated heterocycles. The fourth-order valence-corrected chi connectivity index (χ4v) is 11.0. The first-order valence-electron chi connectivity index (χ1n) is 23.6. The third kappa shape index (κ3) is 6.62. The molecule has 322 valence electrons. The number of rotatable bonds is 8. The maximum absolute atomic E-state index is 5.42. The first-order chi connectivity index (χ1) is 34.2. The van der Waals surface area contributed by atoms with Gasteiger partial charge in [-0.05, 0) is 100 Å². The van der Waals surface area contributed by atoms with E-state index in [9.17, 15) is 0 Å². The standard InChI is InChI=1S/C66H43N3/c1-5-20-44(21-6-1)45-36-38-47(39-37-45)63-67-64(57-42-40-50(46-22-7-2-8-23-46)51-28-13-15-30-53(51)57)69-65(68-63)58-43-41-55(52-29-14-16-31-54(52)58)56-33-19-35-61-62(56)59-32-17-18-34-60(59)66(61,48-24-9-3-10-25-48)49-26-11-4-12-27-49/h1-43H. The van der Waals surface area contributed by atoms with Crippen LogP contribution in [0.2, 0.25) is 0 Å². The summed E-state index contributed by atoms with van der Waals surface area (Å²) in [5, 5.41) is 4.43. The van der Waals surface area contributed by atoms with Gasteiger partial charge in [0, 0.05) is 16.7 Å². The van der Waals surface area contributed by atoms with E-state index in [1.54, 1.807) is 0 Å². The lowest BCUT2D eigenvalue weighted by Crippen LogP contribution is -2.28. The molecular formula is C66H43N3. The van der Waals surface area contributed by atoms with E-state index in [1.807, 2.05) is 6.07 Å². The minimum absolute atomic E-state index is 0.499. The Morgan fingerprint density at radius 2 is 0.609 bits per heavy atom. The van der Waals surface area contributed by atoms with Crippen LogP contribution in [0.25, 0.3) is 100 Å². The Hall–Kier alpha value is -9.05. The quantitative estimate of drug-likeness (QED) is 0.153. The van der Waals surface area contributed by atoms with Gasteiger partial charge in [0.05, 0.1) is 5.41 Å². The summed E-state index contributed by atoms with van der Waals surface area (Å²) in [6.07, 6.45) is 0. The Labute approximate surface area is 401 Å². The highest BCUT2D eigenvalue weighted by atomic mass is 15.0. The average molecular weight is 878 g/mol. The Morgan fingerprint density at radius 1 is 0.217 bits per heavy atom. The van der Waals surface area contributed by atoms with Crippen LogP contribution in [0, 0.1) is 0 Å². The Balaban J connectivity index is 1.02. The topological polar surface area (TPSA) is 38.7 Å². The van der Waals surface area contributed by atoms with Crippen molar-refractivity contribution in [2.24, 2.45) is 0 Å². The molecule has 0 amide bonds. The highest BCUT2D eigenvalue weighted by Crippen LogP contribution is 2.58. The molecule has 0 N–H and O–H groups in total. The van der Waals surface area contributed by atoms with Gasteiger partial charge in [-0.15, -0.1) is 0 Å². The maximum Gasteiger partial charge on any atom is 0.164 e. The van der Waals surface area contributed by atoms with Crippen LogP contribution in [0.15, 0.2) is 261 Å². The van der Waals surface area contributed by atoms with Crippen molar-refractivity contribution in [2.45, 2.75) is 5.41 Å². The van der Waals surface area contributed by atoms with Gasteiger partial charge in [0.2, 0.25) is 0 Å². The van der Waals surface area contributed by atoms with Crippen molar-refractivity contribution >= 4 is 21.5 Å². The Kier molecular flexibility index (Phi) is 9.73. The van der Waals surface area contributed by atoms with Gasteiger partial charge in [0.15, 0.2) is 17.5 Å². The molecule has 3 heteroatoms. The number of fused-ring (bicyclic) bond motifs is 5. The van der Waals surface area contributed by atoms with Crippen molar-refractivity contribution in [3.8, 4) is 78.7 Å². The van der Waals surface area contributed by atoms with Gasteiger partial charge in [-0.3, -0.25) is 0 Å². The molecule has 1 heterocycles. The molecule has 0 unspecified atom stereocenters. The molecule has 0 bridgehead atoms. The summed E-state index contributed by atoms with van der Waals surface area (Å²) in [6.45, 7) is 0. The van der Waals surface area contributed by atoms with E-state index in [-0.39, 0.29) is 0 Å². The van der Waals surface area contributed by atoms with Gasteiger partial charge in [-0.1, -0.05) is 249 Å². The van der Waals surface area contributed by atoms with Crippen molar-refractivity contribution in [3.63, 3.8) is 0 Å². The number of hydrogen-bond donors (Lipinski definition) is 0. The number of nitrogens with zero attached hydrogens (tertiary/aromatic N) is 3. The minimum Gasteiger partial charge on any atom is -0.208 e. The summed E-state index contributed by atoms with van der Waals surface area (Å²) in [5.41, 5.74) is 16.9. The van der Waals surface area contributed by atoms with E-state index >= 15 is 0 Å². The third-order valence-electron chi connectivity index (χ3n) is 14.1. The van der Waals surface area contributed by atoms with Crippen LogP contribution in [0.4, 0.5) is 0 Å². The largest absolute Gasteiger partial charge is 0.208 e. The van der Waals surface area contributed by atoms with Crippen molar-refractivity contribution in [1.82, 2.24) is 15.0 Å². The smallest absolute Gasteiger partial charge is 0.164 e. The second kappa shape index (κ2) is 16.7. The van der Waals surface area contributed by atoms with Crippen LogP contribution in [0.1, 0.15) is 22.3 Å². The van der Waals surface area contributed by atoms with Gasteiger partial charge in [-0.25, -0.2) is 15.0 Å². The zero-order valence-electron chi connectivity index (χ0n) is 37.7. The first-order valence-corrected chi connectivity index (χ1v) is 23.6. The fourth-order valence-electron chi connectivity index (χ4n) is 11.0. The number of aromatic nitrogens is 3. The molecule has 69 heavy (non-hydrogen) atoms. The summed E-state index contributed by atoms with van der Waals surface area (Å²) < 4.78 is 0. The zero-order chi connectivity index (χ0) is 45.7. The average Bonchev–Trinajstić information content (AvgIpc) is 3.74. The Morgan fingerprint density at radius 3 is 1.20 bits per heavy atom. The van der Waals surface area contributed by atoms with Crippen molar-refractivity contribution < 1.29 is 0 Å². The maximum atomic E-state index is 5.42. The molecule has 13 rings (SSSR count). The van der Waals surface area contributed by atoms with Gasteiger partial charge < -0.3 is 0 Å². The lowest BCUT2D eigenvalue weighted by atomic mass is 9.67. The molecule has 0 saturated carbocycles. The summed E-state index contributed by atoms with van der Waals surface area (Å²) in [7, 11) is 0. The fraction of sp³-hybridized carbons (Fsp3) is 0.0152. The Bertz CT molecular complexity index is 3830. The van der Waals surface area contributed by atoms with Crippen LogP contribution in [-0.4, -0.2) is 15.0 Å². The molecule has 1 aliphatic carbocycles. The predicted molar refractivity (Wildman–Crippen MR) is 285 cm³/mol. The second-order valence-corrected chi connectivity index (χ2v) is 17.8. The lowest BCUT2D eigenvalue weighted by molar-refractivity contribution is 0.768. The van der Waals surface area contributed by atoms with Crippen molar-refractivity contribution in [3.05, 3.63) is 283 Å². The highest BCUT2D eigenvalue weighted by molar-refractivity contribution is 6.09. The number of hydrogen-bond acceptors (Lipinski definition) is 3. The van der Waals surface area contributed by atoms with E-state index in [0.29, 0.717) is 17.5 Å². The van der Waals surface area contributed by atoms with Gasteiger partial charge in [0.1, 0.15) is 0 Å². The van der Waals surface area contributed by atoms with Gasteiger partial charge in [-0.2, -0.15) is 0 Å². The van der Waals surface area contributed by atoms with Gasteiger partial charge >= 0.3 is 0 Å². The highest BCUT2D eigenvalue weighted by Gasteiger charge is 2.46. The van der Waals surface area contributed by atoms with Crippen LogP contribution >= 0.6 is 0 Å². The van der Waals surface area contributed by atoms with Crippen LogP contribution in [-0.2, 0) is 5.41 Å². The molecule has 0 spiro atoms. The summed E-state index contributed by atoms with van der Waals surface area (Å²) in [4.78, 5) is 16.1. The van der Waals surface area contributed by atoms with E-state index in [1.165, 1.54) is 50.1 Å². The molecule has 0 radical (unpaired) electrons. The minimum atomic E-state index is -0.499. The molecule has 11 aromatic carbocycles. The lowest BCUT2D eigenvalue weighted by Gasteiger charge is -2.34. The van der Waals surface area contributed by atoms with E-state index in [2.05, 4.69) is 255 Å². The van der Waals surface area contributed by atoms with E-state index < -0.39 is 5.41 Å². The summed E-state index contributed by atoms with van der Waals surface area (Å²) >= 11 is 0. The summed E-state index contributed by atoms with van der Waals surface area (Å²) in [5.74, 6) is 1.87. The normalized spacial score (nSPS) is 12.5. The monoisotopic (exact) mass is 877 g/mol. The molecule has 3 nitrogen and oxygen atoms in total. The number of benzene rings is 11. The van der Waals surface area contributed by atoms with Crippen molar-refractivity contribution in [1.29, 1.82) is 0 Å². The first kappa shape index (κ1) is 40.2. The second-order valence-electron chi connectivity index (χ2n) is 17.8. The van der Waals surface area contributed by atoms with E-state index in [0.717, 1.165) is 54.9 Å². The molecule has 1 aliphatic rings. The molecule has 1 aromatic heterocycles. The zero-order valence-corrected chi connectivity index (χ0v) is 37.7. The molecule has 0 aliphatic heterocycles. The SMILES string of the molecule is c1ccc(-c2ccc(-c3nc(-c4ccc(-c5ccccc5)c5ccccc45)nc(-c4ccc(-c5cccc6c5-c5ccccc5C6(c5ccccc5)c5ccccc5)c5ccccc45)n3)cc2)cc1.